The molecule has 0 atom stereocenters. The summed E-state index contributed by atoms with van der Waals surface area (Å²) in [5, 5.41) is 4.13. The first-order valence-electron chi connectivity index (χ1n) is 7.11. The number of benzene rings is 1. The highest BCUT2D eigenvalue weighted by Gasteiger charge is 2.08. The van der Waals surface area contributed by atoms with Gasteiger partial charge in [-0.1, -0.05) is 23.7 Å². The lowest BCUT2D eigenvalue weighted by Crippen LogP contribution is -2.20. The Balaban J connectivity index is 0.000000270. The molecule has 0 saturated carbocycles. The molecule has 0 aliphatic carbocycles. The minimum atomic E-state index is -0.318. The van der Waals surface area contributed by atoms with E-state index < -0.39 is 0 Å². The first kappa shape index (κ1) is 17.7. The summed E-state index contributed by atoms with van der Waals surface area (Å²) in [4.78, 5) is 9.60. The first-order valence-corrected chi connectivity index (χ1v) is 7.49. The summed E-state index contributed by atoms with van der Waals surface area (Å²) >= 11 is 5.99. The van der Waals surface area contributed by atoms with Crippen LogP contribution in [0.25, 0.3) is 5.57 Å². The molecule has 1 aromatic carbocycles. The minimum absolute atomic E-state index is 0.318. The number of ether oxygens (including phenoxy) is 1. The predicted molar refractivity (Wildman–Crippen MR) is 88.6 cm³/mol. The van der Waals surface area contributed by atoms with Crippen LogP contribution in [0.15, 0.2) is 24.3 Å². The van der Waals surface area contributed by atoms with Crippen molar-refractivity contribution in [2.75, 3.05) is 13.1 Å². The molecule has 0 spiro atoms. The van der Waals surface area contributed by atoms with E-state index in [1.807, 2.05) is 26.8 Å². The van der Waals surface area contributed by atoms with E-state index in [4.69, 9.17) is 11.6 Å². The summed E-state index contributed by atoms with van der Waals surface area (Å²) in [6.45, 7) is 10.1. The molecule has 0 unspecified atom stereocenters. The number of nitrogens with one attached hydrogen (secondary N) is 1. The SMILES string of the molecule is CC(C)(C)OC=O.Cc1ccc(Cl)cc1C1=CCNCC1. The standard InChI is InChI=1S/C12H14ClN.C5H10O2/c1-9-2-3-11(13)8-12(9)10-4-6-14-7-5-10;1-5(2,3)7-4-6/h2-4,8,14H,5-7H2,1H3;4H,1-3H3. The first-order chi connectivity index (χ1) is 9.83. The van der Waals surface area contributed by atoms with Crippen LogP contribution in [0.4, 0.5) is 0 Å². The number of halogens is 1. The van der Waals surface area contributed by atoms with Crippen molar-refractivity contribution in [3.8, 4) is 0 Å². The fourth-order valence-electron chi connectivity index (χ4n) is 1.95. The number of carbonyl (C=O) groups excluding carboxylic acids is 1. The lowest BCUT2D eigenvalue weighted by atomic mass is 9.96. The Morgan fingerprint density at radius 2 is 2.05 bits per heavy atom. The van der Waals surface area contributed by atoms with Crippen LogP contribution in [0.5, 0.6) is 0 Å². The van der Waals surface area contributed by atoms with Gasteiger partial charge in [-0.25, -0.2) is 0 Å². The van der Waals surface area contributed by atoms with Gasteiger partial charge in [0, 0.05) is 11.6 Å². The van der Waals surface area contributed by atoms with Crippen molar-refractivity contribution in [2.24, 2.45) is 0 Å². The maximum absolute atomic E-state index is 9.60. The van der Waals surface area contributed by atoms with Gasteiger partial charge in [0.05, 0.1) is 0 Å². The lowest BCUT2D eigenvalue weighted by molar-refractivity contribution is -0.138. The number of aryl methyl sites for hydroxylation is 1. The molecule has 1 N–H and O–H groups in total. The van der Waals surface area contributed by atoms with Gasteiger partial charge in [-0.2, -0.15) is 0 Å². The van der Waals surface area contributed by atoms with Gasteiger partial charge < -0.3 is 10.1 Å². The van der Waals surface area contributed by atoms with E-state index in [1.165, 1.54) is 16.7 Å². The van der Waals surface area contributed by atoms with Crippen molar-refractivity contribution in [1.82, 2.24) is 5.32 Å². The zero-order chi connectivity index (χ0) is 15.9. The molecule has 0 aromatic heterocycles. The number of hydrogen-bond donors (Lipinski definition) is 1. The zero-order valence-electron chi connectivity index (χ0n) is 13.2. The average Bonchev–Trinajstić information content (AvgIpc) is 2.42. The van der Waals surface area contributed by atoms with E-state index in [-0.39, 0.29) is 5.60 Å². The van der Waals surface area contributed by atoms with Crippen molar-refractivity contribution in [2.45, 2.75) is 39.7 Å². The summed E-state index contributed by atoms with van der Waals surface area (Å²) in [6.07, 6.45) is 3.35. The van der Waals surface area contributed by atoms with Gasteiger partial charge in [0.1, 0.15) is 5.60 Å². The van der Waals surface area contributed by atoms with E-state index in [1.54, 1.807) is 0 Å². The fraction of sp³-hybridized carbons (Fsp3) is 0.471. The monoisotopic (exact) mass is 309 g/mol. The van der Waals surface area contributed by atoms with Gasteiger partial charge in [0.2, 0.25) is 0 Å². The molecule has 0 amide bonds. The maximum atomic E-state index is 9.60. The largest absolute Gasteiger partial charge is 0.462 e. The van der Waals surface area contributed by atoms with E-state index >= 15 is 0 Å². The quantitative estimate of drug-likeness (QED) is 0.840. The van der Waals surface area contributed by atoms with Crippen molar-refractivity contribution in [3.05, 3.63) is 40.4 Å². The Kier molecular flexibility index (Phi) is 6.93. The Morgan fingerprint density at radius 3 is 2.52 bits per heavy atom. The normalized spacial score (nSPS) is 14.6. The highest BCUT2D eigenvalue weighted by Crippen LogP contribution is 2.25. The molecule has 3 nitrogen and oxygen atoms in total. The van der Waals surface area contributed by atoms with Gasteiger partial charge in [-0.3, -0.25) is 4.79 Å². The molecule has 21 heavy (non-hydrogen) atoms. The highest BCUT2D eigenvalue weighted by molar-refractivity contribution is 6.30. The van der Waals surface area contributed by atoms with E-state index in [9.17, 15) is 4.79 Å². The second-order valence-electron chi connectivity index (χ2n) is 5.97. The summed E-state index contributed by atoms with van der Waals surface area (Å²) in [5.74, 6) is 0. The zero-order valence-corrected chi connectivity index (χ0v) is 14.0. The van der Waals surface area contributed by atoms with Crippen LogP contribution in [0, 0.1) is 6.92 Å². The van der Waals surface area contributed by atoms with E-state index in [0.29, 0.717) is 6.47 Å². The molecule has 116 valence electrons. The van der Waals surface area contributed by atoms with Gasteiger partial charge in [-0.15, -0.1) is 0 Å². The molecule has 0 fully saturated rings. The predicted octanol–water partition coefficient (Wildman–Crippen LogP) is 3.98. The summed E-state index contributed by atoms with van der Waals surface area (Å²) < 4.78 is 4.55. The smallest absolute Gasteiger partial charge is 0.293 e. The topological polar surface area (TPSA) is 38.3 Å². The number of hydrogen-bond acceptors (Lipinski definition) is 3. The van der Waals surface area contributed by atoms with Gasteiger partial charge in [0.25, 0.3) is 6.47 Å². The Hall–Kier alpha value is -1.32. The van der Waals surface area contributed by atoms with Crippen LogP contribution >= 0.6 is 11.6 Å². The summed E-state index contributed by atoms with van der Waals surface area (Å²) in [6, 6.07) is 6.09. The molecule has 0 bridgehead atoms. The summed E-state index contributed by atoms with van der Waals surface area (Å²) in [7, 11) is 0. The third-order valence-electron chi connectivity index (χ3n) is 3.01. The molecule has 1 aliphatic rings. The number of carbonyl (C=O) groups is 1. The van der Waals surface area contributed by atoms with Gasteiger partial charge >= 0.3 is 0 Å². The minimum Gasteiger partial charge on any atom is -0.462 e. The molecule has 1 aromatic rings. The van der Waals surface area contributed by atoms with Crippen molar-refractivity contribution in [1.29, 1.82) is 0 Å². The molecule has 0 saturated heterocycles. The number of rotatable bonds is 2. The van der Waals surface area contributed by atoms with E-state index in [2.05, 4.69) is 35.2 Å². The summed E-state index contributed by atoms with van der Waals surface area (Å²) in [5.41, 5.74) is 3.71. The second-order valence-corrected chi connectivity index (χ2v) is 6.41. The molecule has 1 aliphatic heterocycles. The lowest BCUT2D eigenvalue weighted by Gasteiger charge is -2.16. The third kappa shape index (κ3) is 6.78. The molecule has 4 heteroatoms. The molecular formula is C17H24ClNO2. The van der Waals surface area contributed by atoms with Crippen molar-refractivity contribution in [3.63, 3.8) is 0 Å². The van der Waals surface area contributed by atoms with Crippen LogP contribution in [-0.4, -0.2) is 25.2 Å². The van der Waals surface area contributed by atoms with Crippen LogP contribution < -0.4 is 5.32 Å². The molecule has 2 rings (SSSR count). The van der Waals surface area contributed by atoms with Crippen LogP contribution in [-0.2, 0) is 9.53 Å². The van der Waals surface area contributed by atoms with Crippen LogP contribution in [0.3, 0.4) is 0 Å². The van der Waals surface area contributed by atoms with Crippen LogP contribution in [0.1, 0.15) is 38.3 Å². The van der Waals surface area contributed by atoms with Crippen molar-refractivity contribution < 1.29 is 9.53 Å². The van der Waals surface area contributed by atoms with E-state index in [0.717, 1.165) is 24.5 Å². The third-order valence-corrected chi connectivity index (χ3v) is 3.25. The highest BCUT2D eigenvalue weighted by atomic mass is 35.5. The molecule has 0 radical (unpaired) electrons. The Morgan fingerprint density at radius 1 is 1.33 bits per heavy atom. The fourth-order valence-corrected chi connectivity index (χ4v) is 2.12. The Bertz CT molecular complexity index is 504. The van der Waals surface area contributed by atoms with Gasteiger partial charge in [0.15, 0.2) is 0 Å². The van der Waals surface area contributed by atoms with Gasteiger partial charge in [-0.05, 0) is 69.5 Å². The van der Waals surface area contributed by atoms with Crippen LogP contribution in [0.2, 0.25) is 5.02 Å². The van der Waals surface area contributed by atoms with Crippen molar-refractivity contribution >= 4 is 23.6 Å². The average molecular weight is 310 g/mol. The molecular weight excluding hydrogens is 286 g/mol. The Labute approximate surface area is 132 Å². The molecule has 1 heterocycles. The second kappa shape index (κ2) is 8.20. The maximum Gasteiger partial charge on any atom is 0.293 e.